The van der Waals surface area contributed by atoms with Gasteiger partial charge in [-0.25, -0.2) is 4.39 Å². The summed E-state index contributed by atoms with van der Waals surface area (Å²) in [5.74, 6) is 0.431. The molecule has 2 aliphatic rings. The van der Waals surface area contributed by atoms with Gasteiger partial charge >= 0.3 is 0 Å². The van der Waals surface area contributed by atoms with Gasteiger partial charge in [-0.3, -0.25) is 9.69 Å². The molecule has 3 aromatic carbocycles. The summed E-state index contributed by atoms with van der Waals surface area (Å²) in [6.07, 6.45) is 0. The van der Waals surface area contributed by atoms with Gasteiger partial charge in [0.15, 0.2) is 0 Å². The molecule has 1 saturated heterocycles. The second kappa shape index (κ2) is 8.37. The van der Waals surface area contributed by atoms with Gasteiger partial charge in [0.05, 0.1) is 13.7 Å². The number of carbonyl (C=O) groups is 1. The molecule has 1 N–H and O–H groups in total. The molecule has 32 heavy (non-hydrogen) atoms. The van der Waals surface area contributed by atoms with Crippen LogP contribution in [0.25, 0.3) is 0 Å². The number of methoxy groups -OCH3 is 1. The zero-order valence-corrected chi connectivity index (χ0v) is 17.8. The molecule has 3 aromatic rings. The number of amides is 1. The maximum absolute atomic E-state index is 13.4. The Hall–Kier alpha value is -3.22. The van der Waals surface area contributed by atoms with E-state index in [1.54, 1.807) is 12.0 Å². The van der Waals surface area contributed by atoms with Gasteiger partial charge in [0.25, 0.3) is 5.91 Å². The van der Waals surface area contributed by atoms with Crippen LogP contribution < -0.4 is 9.64 Å². The Morgan fingerprint density at radius 2 is 1.78 bits per heavy atom. The highest BCUT2D eigenvalue weighted by molar-refractivity contribution is 6.07. The van der Waals surface area contributed by atoms with Crippen molar-refractivity contribution in [3.63, 3.8) is 0 Å². The second-order valence-corrected chi connectivity index (χ2v) is 8.31. The van der Waals surface area contributed by atoms with Crippen LogP contribution in [0.3, 0.4) is 0 Å². The molecular weight excluding hydrogens is 407 g/mol. The minimum Gasteiger partial charge on any atom is -0.496 e. The monoisotopic (exact) mass is 432 g/mol. The SMILES string of the molecule is COc1ccccc1CN1[C@H](CO)[C@@H]2c3ccccc3N(C(=O)c3ccc(F)cc3)C[C@@H]21. The number of rotatable bonds is 5. The average Bonchev–Trinajstić information content (AvgIpc) is 2.82. The quantitative estimate of drug-likeness (QED) is 0.666. The third-order valence-electron chi connectivity index (χ3n) is 6.71. The summed E-state index contributed by atoms with van der Waals surface area (Å²) in [7, 11) is 1.65. The first-order valence-corrected chi connectivity index (χ1v) is 10.8. The van der Waals surface area contributed by atoms with Crippen LogP contribution in [-0.2, 0) is 6.54 Å². The zero-order chi connectivity index (χ0) is 22.2. The topological polar surface area (TPSA) is 53.0 Å². The van der Waals surface area contributed by atoms with Gasteiger partial charge < -0.3 is 14.7 Å². The summed E-state index contributed by atoms with van der Waals surface area (Å²) in [6.45, 7) is 1.16. The van der Waals surface area contributed by atoms with Crippen LogP contribution in [0.5, 0.6) is 5.75 Å². The molecule has 1 amide bonds. The molecule has 0 radical (unpaired) electrons. The normalized spacial score (nSPS) is 22.0. The highest BCUT2D eigenvalue weighted by atomic mass is 19.1. The average molecular weight is 432 g/mol. The van der Waals surface area contributed by atoms with Crippen LogP contribution in [0.15, 0.2) is 72.8 Å². The number of hydrogen-bond donors (Lipinski definition) is 1. The van der Waals surface area contributed by atoms with Crippen molar-refractivity contribution in [2.75, 3.05) is 25.2 Å². The summed E-state index contributed by atoms with van der Waals surface area (Å²) >= 11 is 0. The van der Waals surface area contributed by atoms with Crippen molar-refractivity contribution in [3.05, 3.63) is 95.3 Å². The minimum atomic E-state index is -0.367. The van der Waals surface area contributed by atoms with Crippen LogP contribution in [0.4, 0.5) is 10.1 Å². The first kappa shape index (κ1) is 20.7. The molecule has 0 unspecified atom stereocenters. The molecule has 5 rings (SSSR count). The van der Waals surface area contributed by atoms with Crippen molar-refractivity contribution in [3.8, 4) is 5.75 Å². The maximum atomic E-state index is 13.4. The van der Waals surface area contributed by atoms with Gasteiger partial charge in [-0.2, -0.15) is 0 Å². The van der Waals surface area contributed by atoms with Crippen LogP contribution >= 0.6 is 0 Å². The molecule has 0 saturated carbocycles. The number of likely N-dealkylation sites (tertiary alicyclic amines) is 1. The minimum absolute atomic E-state index is 0.0332. The summed E-state index contributed by atoms with van der Waals surface area (Å²) < 4.78 is 18.9. The number of nitrogens with zero attached hydrogens (tertiary/aromatic N) is 2. The number of aliphatic hydroxyl groups excluding tert-OH is 1. The van der Waals surface area contributed by atoms with Crippen molar-refractivity contribution < 1.29 is 19.0 Å². The summed E-state index contributed by atoms with van der Waals surface area (Å²) in [5, 5.41) is 10.2. The van der Waals surface area contributed by atoms with Crippen molar-refractivity contribution >= 4 is 11.6 Å². The Balaban J connectivity index is 1.49. The van der Waals surface area contributed by atoms with E-state index in [0.29, 0.717) is 18.7 Å². The third-order valence-corrected chi connectivity index (χ3v) is 6.71. The number of halogens is 1. The first-order chi connectivity index (χ1) is 15.6. The van der Waals surface area contributed by atoms with Crippen molar-refractivity contribution in [1.82, 2.24) is 4.90 Å². The molecule has 2 heterocycles. The second-order valence-electron chi connectivity index (χ2n) is 8.31. The van der Waals surface area contributed by atoms with Gasteiger partial charge in [0.2, 0.25) is 0 Å². The lowest BCUT2D eigenvalue weighted by molar-refractivity contribution is -0.0491. The third kappa shape index (κ3) is 3.36. The molecule has 164 valence electrons. The molecule has 0 aliphatic carbocycles. The van der Waals surface area contributed by atoms with Gasteiger partial charge in [-0.05, 0) is 42.0 Å². The Morgan fingerprint density at radius 1 is 1.06 bits per heavy atom. The number of anilines is 1. The van der Waals surface area contributed by atoms with Gasteiger partial charge in [-0.15, -0.1) is 0 Å². The fraction of sp³-hybridized carbons (Fsp3) is 0.269. The van der Waals surface area contributed by atoms with E-state index in [1.807, 2.05) is 48.5 Å². The summed E-state index contributed by atoms with van der Waals surface area (Å²) in [5.41, 5.74) is 3.42. The number of fused-ring (bicyclic) bond motifs is 3. The molecule has 5 nitrogen and oxygen atoms in total. The van der Waals surface area contributed by atoms with Gasteiger partial charge in [0, 0.05) is 47.9 Å². The lowest BCUT2D eigenvalue weighted by Crippen LogP contribution is -2.68. The Morgan fingerprint density at radius 3 is 2.53 bits per heavy atom. The fourth-order valence-electron chi connectivity index (χ4n) is 5.17. The highest BCUT2D eigenvalue weighted by Gasteiger charge is 2.53. The molecule has 0 aromatic heterocycles. The number of benzene rings is 3. The van der Waals surface area contributed by atoms with Crippen molar-refractivity contribution in [2.45, 2.75) is 24.5 Å². The smallest absolute Gasteiger partial charge is 0.258 e. The Labute approximate surface area is 186 Å². The lowest BCUT2D eigenvalue weighted by atomic mass is 9.71. The molecule has 0 bridgehead atoms. The molecule has 6 heteroatoms. The van der Waals surface area contributed by atoms with Crippen molar-refractivity contribution in [2.24, 2.45) is 0 Å². The van der Waals surface area contributed by atoms with E-state index in [-0.39, 0.29) is 36.3 Å². The predicted molar refractivity (Wildman–Crippen MR) is 120 cm³/mol. The zero-order valence-electron chi connectivity index (χ0n) is 17.8. The van der Waals surface area contributed by atoms with Crippen molar-refractivity contribution in [1.29, 1.82) is 0 Å². The largest absolute Gasteiger partial charge is 0.496 e. The standard InChI is InChI=1S/C26H25FN2O3/c1-32-24-9-5-2-6-18(24)14-28-22-15-29(26(31)17-10-12-19(27)13-11-17)21-8-4-3-7-20(21)25(22)23(28)16-30/h2-13,22-23,25,30H,14-16H2,1H3/t22-,23+,25+/m0/s1. The molecule has 3 atom stereocenters. The van der Waals surface area contributed by atoms with E-state index >= 15 is 0 Å². The van der Waals surface area contributed by atoms with Crippen LogP contribution in [0, 0.1) is 5.82 Å². The van der Waals surface area contributed by atoms with Crippen LogP contribution in [-0.4, -0.2) is 48.3 Å². The first-order valence-electron chi connectivity index (χ1n) is 10.8. The van der Waals surface area contributed by atoms with E-state index in [0.717, 1.165) is 22.6 Å². The van der Waals surface area contributed by atoms with E-state index in [2.05, 4.69) is 4.90 Å². The van der Waals surface area contributed by atoms with E-state index < -0.39 is 0 Å². The summed E-state index contributed by atoms with van der Waals surface area (Å²) in [6, 6.07) is 21.5. The number of aliphatic hydroxyl groups is 1. The molecule has 0 spiro atoms. The Bertz CT molecular complexity index is 1130. The molecular formula is C26H25FN2O3. The number of para-hydroxylation sites is 2. The number of hydrogen-bond acceptors (Lipinski definition) is 4. The predicted octanol–water partition coefficient (Wildman–Crippen LogP) is 3.82. The number of ether oxygens (including phenoxy) is 1. The van der Waals surface area contributed by atoms with E-state index in [1.165, 1.54) is 24.3 Å². The maximum Gasteiger partial charge on any atom is 0.258 e. The van der Waals surface area contributed by atoms with Gasteiger partial charge in [0.1, 0.15) is 11.6 Å². The number of carbonyl (C=O) groups excluding carboxylic acids is 1. The lowest BCUT2D eigenvalue weighted by Gasteiger charge is -2.59. The fourth-order valence-corrected chi connectivity index (χ4v) is 5.17. The van der Waals surface area contributed by atoms with Crippen LogP contribution in [0.1, 0.15) is 27.4 Å². The van der Waals surface area contributed by atoms with E-state index in [4.69, 9.17) is 4.74 Å². The summed E-state index contributed by atoms with van der Waals surface area (Å²) in [4.78, 5) is 17.4. The highest BCUT2D eigenvalue weighted by Crippen LogP contribution is 2.49. The Kier molecular flexibility index (Phi) is 5.41. The molecule has 2 aliphatic heterocycles. The molecule has 1 fully saturated rings. The van der Waals surface area contributed by atoms with Crippen LogP contribution in [0.2, 0.25) is 0 Å². The van der Waals surface area contributed by atoms with E-state index in [9.17, 15) is 14.3 Å². The van der Waals surface area contributed by atoms with Gasteiger partial charge in [-0.1, -0.05) is 36.4 Å².